The number of aliphatic hydroxyl groups is 1. The fourth-order valence-electron chi connectivity index (χ4n) is 7.59. The van der Waals surface area contributed by atoms with E-state index in [4.69, 9.17) is 58.5 Å². The van der Waals surface area contributed by atoms with Gasteiger partial charge in [0.1, 0.15) is 12.6 Å². The molecule has 2 aliphatic rings. The zero-order chi connectivity index (χ0) is 48.3. The van der Waals surface area contributed by atoms with Crippen molar-refractivity contribution in [3.8, 4) is 12.3 Å². The van der Waals surface area contributed by atoms with Crippen LogP contribution in [-0.2, 0) is 28.6 Å². The maximum atomic E-state index is 14.0. The third-order valence-corrected chi connectivity index (χ3v) is 11.8. The lowest BCUT2D eigenvalue weighted by atomic mass is 9.98. The SMILES string of the molecule is C#CCOCCOCCOCCNc1nc(N2CCN(C(=O)C([C@@H](C)O)n3cc([C@@H](N)CCCCN)nn3)CC2)nc(N2CCN(C(=O)[C@H](CC(N)=O)n3cc(C(N)[C@@H](C)CC)nn3)CC2)n1. The van der Waals surface area contributed by atoms with Gasteiger partial charge in [0.15, 0.2) is 6.04 Å². The fraction of sp³-hybridized carbons (Fsp3) is 0.714. The number of terminal acetylenes is 1. The number of piperazine rings is 2. The number of carbonyl (C=O) groups is 3. The Morgan fingerprint density at radius 1 is 0.806 bits per heavy atom. The first-order valence-electron chi connectivity index (χ1n) is 23.1. The van der Waals surface area contributed by atoms with Gasteiger partial charge in [-0.15, -0.1) is 16.6 Å². The van der Waals surface area contributed by atoms with Crippen LogP contribution in [0.5, 0.6) is 0 Å². The van der Waals surface area contributed by atoms with E-state index >= 15 is 0 Å². The Balaban J connectivity index is 1.25. The van der Waals surface area contributed by atoms with E-state index < -0.39 is 24.1 Å². The molecular formula is C42H70N18O7. The van der Waals surface area contributed by atoms with Crippen LogP contribution in [0.4, 0.5) is 17.8 Å². The third kappa shape index (κ3) is 15.2. The molecule has 6 atom stereocenters. The van der Waals surface area contributed by atoms with E-state index in [1.54, 1.807) is 29.1 Å². The first kappa shape index (κ1) is 52.4. The number of carbonyl (C=O) groups excluding carboxylic acids is 3. The van der Waals surface area contributed by atoms with E-state index in [1.807, 2.05) is 23.6 Å². The Labute approximate surface area is 391 Å². The molecule has 5 heterocycles. The predicted molar refractivity (Wildman–Crippen MR) is 247 cm³/mol. The number of aliphatic hydroxyl groups excluding tert-OH is 1. The number of nitrogens with two attached hydrogens (primary N) is 4. The number of hydrogen-bond acceptors (Lipinski definition) is 20. The van der Waals surface area contributed by atoms with E-state index in [1.165, 1.54) is 9.36 Å². The van der Waals surface area contributed by atoms with Gasteiger partial charge in [-0.1, -0.05) is 43.0 Å². The highest BCUT2D eigenvalue weighted by Crippen LogP contribution is 2.25. The molecule has 10 N–H and O–H groups in total. The van der Waals surface area contributed by atoms with Crippen molar-refractivity contribution in [1.82, 2.24) is 54.7 Å². The minimum atomic E-state index is -1.05. The van der Waals surface area contributed by atoms with Crippen LogP contribution in [0.2, 0.25) is 0 Å². The normalized spacial score (nSPS) is 17.1. The van der Waals surface area contributed by atoms with Crippen molar-refractivity contribution in [2.75, 3.05) is 120 Å². The number of nitrogens with one attached hydrogen (secondary N) is 1. The molecule has 2 aliphatic heterocycles. The summed E-state index contributed by atoms with van der Waals surface area (Å²) in [6, 6.07) is -2.73. The average molecular weight is 939 g/mol. The van der Waals surface area contributed by atoms with Crippen LogP contribution in [0.25, 0.3) is 0 Å². The Kier molecular flexibility index (Phi) is 20.8. The Hall–Kier alpha value is -5.62. The quantitative estimate of drug-likeness (QED) is 0.0351. The van der Waals surface area contributed by atoms with Gasteiger partial charge in [-0.25, -0.2) is 9.36 Å². The van der Waals surface area contributed by atoms with Gasteiger partial charge in [0, 0.05) is 58.9 Å². The van der Waals surface area contributed by atoms with Crippen LogP contribution in [0.1, 0.15) is 88.4 Å². The number of nitrogens with zero attached hydrogens (tertiary/aromatic N) is 13. The molecule has 2 saturated heterocycles. The summed E-state index contributed by atoms with van der Waals surface area (Å²) in [7, 11) is 0. The minimum Gasteiger partial charge on any atom is -0.391 e. The smallest absolute Gasteiger partial charge is 0.250 e. The van der Waals surface area contributed by atoms with Gasteiger partial charge in [0.05, 0.1) is 81.4 Å². The lowest BCUT2D eigenvalue weighted by Crippen LogP contribution is -2.53. The second-order valence-corrected chi connectivity index (χ2v) is 16.7. The molecule has 0 bridgehead atoms. The van der Waals surface area contributed by atoms with Crippen molar-refractivity contribution >= 4 is 35.6 Å². The van der Waals surface area contributed by atoms with Gasteiger partial charge in [-0.3, -0.25) is 14.4 Å². The maximum Gasteiger partial charge on any atom is 0.250 e. The zero-order valence-corrected chi connectivity index (χ0v) is 39.1. The summed E-state index contributed by atoms with van der Waals surface area (Å²) in [5.74, 6) is 2.39. The summed E-state index contributed by atoms with van der Waals surface area (Å²) >= 11 is 0. The molecule has 0 aromatic carbocycles. The van der Waals surface area contributed by atoms with E-state index in [0.717, 1.165) is 19.3 Å². The highest BCUT2D eigenvalue weighted by Gasteiger charge is 2.35. The molecule has 2 unspecified atom stereocenters. The molecule has 5 rings (SSSR count). The molecule has 3 amide bonds. The molecule has 0 radical (unpaired) electrons. The monoisotopic (exact) mass is 939 g/mol. The summed E-state index contributed by atoms with van der Waals surface area (Å²) in [5, 5.41) is 30.8. The first-order valence-corrected chi connectivity index (χ1v) is 23.1. The van der Waals surface area contributed by atoms with Crippen LogP contribution in [0.3, 0.4) is 0 Å². The third-order valence-electron chi connectivity index (χ3n) is 11.8. The van der Waals surface area contributed by atoms with Crippen LogP contribution in [-0.4, -0.2) is 189 Å². The number of ether oxygens (including phenoxy) is 3. The van der Waals surface area contributed by atoms with Crippen LogP contribution in [0, 0.1) is 18.3 Å². The van der Waals surface area contributed by atoms with Gasteiger partial charge in [0.25, 0.3) is 0 Å². The standard InChI is InChI=1S/C42H70N18O7/c1-5-20-65-22-24-67-25-23-66-21-11-47-40-48-41(57-16-12-55(13-17-57)38(63)34(26-35(45)62)59-28-33(52-53-59)36(46)29(3)6-2)50-42(49-40)58-18-14-56(15-19-58)39(64)37(30(4)61)60-27-32(51-54-60)31(44)9-7-8-10-43/h1,27-31,34,36-37,61H,6-26,43-44,46H2,2-4H3,(H2,45,62)(H,47,48,49,50)/t29-,30+,31-,34-,36?,37?/m0/s1. The maximum absolute atomic E-state index is 14.0. The van der Waals surface area contributed by atoms with E-state index in [-0.39, 0.29) is 42.8 Å². The average Bonchev–Trinajstić information content (AvgIpc) is 4.03. The Morgan fingerprint density at radius 2 is 1.37 bits per heavy atom. The number of amides is 3. The van der Waals surface area contributed by atoms with Crippen LogP contribution >= 0.6 is 0 Å². The summed E-state index contributed by atoms with van der Waals surface area (Å²) in [5.41, 5.74) is 25.0. The van der Waals surface area contributed by atoms with Crippen molar-refractivity contribution in [3.05, 3.63) is 23.8 Å². The molecule has 3 aromatic heterocycles. The van der Waals surface area contributed by atoms with E-state index in [0.29, 0.717) is 134 Å². The van der Waals surface area contributed by atoms with Gasteiger partial charge in [0.2, 0.25) is 35.6 Å². The number of unbranched alkanes of at least 4 members (excludes halogenated alkanes) is 1. The van der Waals surface area contributed by atoms with Gasteiger partial charge < -0.3 is 67.2 Å². The largest absolute Gasteiger partial charge is 0.391 e. The van der Waals surface area contributed by atoms with Gasteiger partial charge in [-0.2, -0.15) is 15.0 Å². The van der Waals surface area contributed by atoms with Crippen molar-refractivity contribution in [3.63, 3.8) is 0 Å². The molecule has 3 aromatic rings. The van der Waals surface area contributed by atoms with Crippen molar-refractivity contribution in [2.24, 2.45) is 28.9 Å². The molecule has 25 heteroatoms. The summed E-state index contributed by atoms with van der Waals surface area (Å²) in [4.78, 5) is 61.8. The summed E-state index contributed by atoms with van der Waals surface area (Å²) < 4.78 is 19.2. The lowest BCUT2D eigenvalue weighted by Gasteiger charge is -2.38. The second-order valence-electron chi connectivity index (χ2n) is 16.7. The van der Waals surface area contributed by atoms with Crippen LogP contribution < -0.4 is 38.1 Å². The first-order chi connectivity index (χ1) is 32.3. The number of rotatable bonds is 28. The number of primary amides is 1. The zero-order valence-electron chi connectivity index (χ0n) is 39.1. The molecule has 0 saturated carbocycles. The lowest BCUT2D eigenvalue weighted by molar-refractivity contribution is -0.138. The number of anilines is 3. The molecule has 0 spiro atoms. The summed E-state index contributed by atoms with van der Waals surface area (Å²) in [6.45, 7) is 11.5. The topological polar surface area (TPSA) is 328 Å². The van der Waals surface area contributed by atoms with Gasteiger partial charge in [-0.05, 0) is 32.2 Å². The second kappa shape index (κ2) is 26.6. The molecule has 370 valence electrons. The molecule has 2 fully saturated rings. The van der Waals surface area contributed by atoms with Crippen molar-refractivity contribution in [1.29, 1.82) is 0 Å². The molecule has 67 heavy (non-hydrogen) atoms. The van der Waals surface area contributed by atoms with Crippen molar-refractivity contribution < 1.29 is 33.7 Å². The predicted octanol–water partition coefficient (Wildman–Crippen LogP) is -1.64. The summed E-state index contributed by atoms with van der Waals surface area (Å²) in [6.07, 6.45) is 10.3. The Morgan fingerprint density at radius 3 is 1.96 bits per heavy atom. The highest BCUT2D eigenvalue weighted by atomic mass is 16.5. The highest BCUT2D eigenvalue weighted by molar-refractivity contribution is 5.86. The molecule has 25 nitrogen and oxygen atoms in total. The Bertz CT molecular complexity index is 2030. The molecule has 0 aliphatic carbocycles. The van der Waals surface area contributed by atoms with Crippen molar-refractivity contribution in [2.45, 2.75) is 83.1 Å². The number of hydrogen-bond donors (Lipinski definition) is 6. The molecular weight excluding hydrogens is 869 g/mol. The van der Waals surface area contributed by atoms with E-state index in [9.17, 15) is 19.5 Å². The van der Waals surface area contributed by atoms with Crippen LogP contribution in [0.15, 0.2) is 12.4 Å². The van der Waals surface area contributed by atoms with Gasteiger partial charge >= 0.3 is 0 Å². The fourth-order valence-corrected chi connectivity index (χ4v) is 7.59. The minimum absolute atomic E-state index is 0.134. The van der Waals surface area contributed by atoms with E-state index in [2.05, 4.69) is 31.9 Å². The number of aromatic nitrogens is 9.